The zero-order valence-corrected chi connectivity index (χ0v) is 10.2. The lowest BCUT2D eigenvalue weighted by Crippen LogP contribution is -2.26. The number of hydrogen-bond donors (Lipinski definition) is 1. The van der Waals surface area contributed by atoms with Gasteiger partial charge in [-0.1, -0.05) is 20.8 Å². The Balaban J connectivity index is 2.41. The first-order chi connectivity index (χ1) is 6.39. The molecule has 1 heterocycles. The maximum Gasteiger partial charge on any atom is 0.0897 e. The van der Waals surface area contributed by atoms with Gasteiger partial charge in [-0.15, -0.1) is 11.3 Å². The normalized spacial score (nSPS) is 14.4. The average Bonchev–Trinajstić information content (AvgIpc) is 2.45. The van der Waals surface area contributed by atoms with E-state index in [4.69, 9.17) is 0 Å². The lowest BCUT2D eigenvalue weighted by Gasteiger charge is -2.25. The second kappa shape index (κ2) is 4.41. The molecule has 3 heteroatoms. The number of rotatable bonds is 3. The third-order valence-electron chi connectivity index (χ3n) is 2.34. The minimum Gasteiger partial charge on any atom is -0.393 e. The molecule has 0 bridgehead atoms. The molecule has 0 aliphatic heterocycles. The molecule has 0 aliphatic rings. The van der Waals surface area contributed by atoms with Crippen molar-refractivity contribution in [2.75, 3.05) is 0 Å². The molecule has 1 atom stereocenters. The number of aryl methyl sites for hydroxylation is 2. The van der Waals surface area contributed by atoms with Gasteiger partial charge < -0.3 is 5.11 Å². The lowest BCUT2D eigenvalue weighted by atomic mass is 9.86. The predicted octanol–water partition coefficient (Wildman–Crippen LogP) is 2.79. The highest BCUT2D eigenvalue weighted by Crippen LogP contribution is 2.23. The van der Waals surface area contributed by atoms with E-state index >= 15 is 0 Å². The van der Waals surface area contributed by atoms with Crippen LogP contribution < -0.4 is 0 Å². The molecule has 0 amide bonds. The van der Waals surface area contributed by atoms with Gasteiger partial charge in [0.1, 0.15) is 0 Å². The van der Waals surface area contributed by atoms with E-state index in [0.29, 0.717) is 0 Å². The third kappa shape index (κ3) is 3.39. The van der Waals surface area contributed by atoms with Gasteiger partial charge in [0.15, 0.2) is 0 Å². The Kier molecular flexibility index (Phi) is 3.67. The largest absolute Gasteiger partial charge is 0.393 e. The van der Waals surface area contributed by atoms with Crippen molar-refractivity contribution >= 4 is 11.3 Å². The van der Waals surface area contributed by atoms with Crippen LogP contribution in [-0.4, -0.2) is 16.2 Å². The first kappa shape index (κ1) is 11.7. The fraction of sp³-hybridized carbons (Fsp3) is 0.727. The monoisotopic (exact) mass is 213 g/mol. The van der Waals surface area contributed by atoms with Crippen molar-refractivity contribution < 1.29 is 5.11 Å². The van der Waals surface area contributed by atoms with E-state index in [-0.39, 0.29) is 11.5 Å². The fourth-order valence-corrected chi connectivity index (χ4v) is 1.89. The second-order valence-corrected chi connectivity index (χ2v) is 5.84. The van der Waals surface area contributed by atoms with Crippen LogP contribution in [0.25, 0.3) is 0 Å². The van der Waals surface area contributed by atoms with Crippen LogP contribution in [0.3, 0.4) is 0 Å². The molecule has 0 spiro atoms. The van der Waals surface area contributed by atoms with Crippen LogP contribution in [0.2, 0.25) is 0 Å². The van der Waals surface area contributed by atoms with E-state index in [1.165, 1.54) is 0 Å². The summed E-state index contributed by atoms with van der Waals surface area (Å²) in [5, 5.41) is 13.0. The van der Waals surface area contributed by atoms with Crippen molar-refractivity contribution in [1.29, 1.82) is 0 Å². The number of aliphatic hydroxyl groups excluding tert-OH is 1. The highest BCUT2D eigenvalue weighted by molar-refractivity contribution is 7.09. The molecule has 0 aromatic carbocycles. The van der Waals surface area contributed by atoms with Gasteiger partial charge in [-0.3, -0.25) is 0 Å². The van der Waals surface area contributed by atoms with E-state index in [0.717, 1.165) is 23.5 Å². The Hall–Kier alpha value is -0.410. The molecule has 1 aromatic rings. The molecular formula is C11H19NOS. The highest BCUT2D eigenvalue weighted by Gasteiger charge is 2.21. The van der Waals surface area contributed by atoms with Gasteiger partial charge in [0.25, 0.3) is 0 Å². The van der Waals surface area contributed by atoms with Crippen LogP contribution in [0.15, 0.2) is 5.38 Å². The summed E-state index contributed by atoms with van der Waals surface area (Å²) in [5.74, 6) is 0. The Labute approximate surface area is 90.0 Å². The zero-order valence-electron chi connectivity index (χ0n) is 9.37. The molecule has 80 valence electrons. The van der Waals surface area contributed by atoms with Gasteiger partial charge >= 0.3 is 0 Å². The second-order valence-electron chi connectivity index (χ2n) is 4.78. The highest BCUT2D eigenvalue weighted by atomic mass is 32.1. The summed E-state index contributed by atoms with van der Waals surface area (Å²) in [6.45, 7) is 8.19. The van der Waals surface area contributed by atoms with Gasteiger partial charge in [-0.25, -0.2) is 4.98 Å². The molecule has 1 unspecified atom stereocenters. The minimum absolute atomic E-state index is 0.0228. The topological polar surface area (TPSA) is 33.1 Å². The van der Waals surface area contributed by atoms with E-state index in [9.17, 15) is 5.11 Å². The van der Waals surface area contributed by atoms with Crippen molar-refractivity contribution in [3.63, 3.8) is 0 Å². The van der Waals surface area contributed by atoms with Gasteiger partial charge in [-0.2, -0.15) is 0 Å². The lowest BCUT2D eigenvalue weighted by molar-refractivity contribution is 0.0558. The molecule has 0 saturated carbocycles. The molecule has 1 N–H and O–H groups in total. The van der Waals surface area contributed by atoms with E-state index in [2.05, 4.69) is 31.1 Å². The molecule has 0 aliphatic carbocycles. The molecule has 0 fully saturated rings. The first-order valence-corrected chi connectivity index (χ1v) is 5.86. The standard InChI is InChI=1S/C11H19NOS/c1-8-12-9(7-14-8)5-6-10(13)11(2,3)4/h7,10,13H,5-6H2,1-4H3. The summed E-state index contributed by atoms with van der Waals surface area (Å²) in [4.78, 5) is 4.37. The summed E-state index contributed by atoms with van der Waals surface area (Å²) in [6.07, 6.45) is 1.43. The zero-order chi connectivity index (χ0) is 10.8. The molecule has 0 saturated heterocycles. The van der Waals surface area contributed by atoms with Gasteiger partial charge in [0, 0.05) is 5.38 Å². The van der Waals surface area contributed by atoms with Crippen LogP contribution in [0.1, 0.15) is 37.9 Å². The molecule has 1 rings (SSSR count). The summed E-state index contributed by atoms with van der Waals surface area (Å²) in [5.41, 5.74) is 1.08. The van der Waals surface area contributed by atoms with E-state index in [1.54, 1.807) is 11.3 Å². The summed E-state index contributed by atoms with van der Waals surface area (Å²) < 4.78 is 0. The average molecular weight is 213 g/mol. The molecule has 1 aromatic heterocycles. The number of thiazole rings is 1. The Morgan fingerprint density at radius 1 is 1.50 bits per heavy atom. The minimum atomic E-state index is -0.246. The summed E-state index contributed by atoms with van der Waals surface area (Å²) >= 11 is 1.67. The van der Waals surface area contributed by atoms with Crippen LogP contribution in [-0.2, 0) is 6.42 Å². The fourth-order valence-electron chi connectivity index (χ4n) is 1.24. The van der Waals surface area contributed by atoms with E-state index < -0.39 is 0 Å². The number of aromatic nitrogens is 1. The first-order valence-electron chi connectivity index (χ1n) is 4.98. The third-order valence-corrected chi connectivity index (χ3v) is 3.16. The number of hydrogen-bond acceptors (Lipinski definition) is 3. The number of aliphatic hydroxyl groups is 1. The van der Waals surface area contributed by atoms with Gasteiger partial charge in [0.05, 0.1) is 16.8 Å². The maximum atomic E-state index is 9.83. The van der Waals surface area contributed by atoms with Crippen molar-refractivity contribution in [2.24, 2.45) is 5.41 Å². The predicted molar refractivity (Wildman–Crippen MR) is 60.6 cm³/mol. The maximum absolute atomic E-state index is 9.83. The van der Waals surface area contributed by atoms with E-state index in [1.807, 2.05) is 6.92 Å². The Morgan fingerprint density at radius 2 is 2.14 bits per heavy atom. The summed E-state index contributed by atoms with van der Waals surface area (Å²) in [7, 11) is 0. The Bertz CT molecular complexity index is 288. The van der Waals surface area contributed by atoms with Crippen LogP contribution >= 0.6 is 11.3 Å². The smallest absolute Gasteiger partial charge is 0.0897 e. The van der Waals surface area contributed by atoms with Crippen molar-refractivity contribution in [3.8, 4) is 0 Å². The number of nitrogens with zero attached hydrogens (tertiary/aromatic N) is 1. The Morgan fingerprint density at radius 3 is 2.57 bits per heavy atom. The van der Waals surface area contributed by atoms with Crippen molar-refractivity contribution in [2.45, 2.75) is 46.6 Å². The summed E-state index contributed by atoms with van der Waals surface area (Å²) in [6, 6.07) is 0. The quantitative estimate of drug-likeness (QED) is 0.837. The van der Waals surface area contributed by atoms with Crippen molar-refractivity contribution in [3.05, 3.63) is 16.1 Å². The molecule has 0 radical (unpaired) electrons. The van der Waals surface area contributed by atoms with Crippen LogP contribution in [0, 0.1) is 12.3 Å². The van der Waals surface area contributed by atoms with Crippen molar-refractivity contribution in [1.82, 2.24) is 4.98 Å². The van der Waals surface area contributed by atoms with Crippen LogP contribution in [0.4, 0.5) is 0 Å². The molecular weight excluding hydrogens is 194 g/mol. The van der Waals surface area contributed by atoms with Gasteiger partial charge in [-0.05, 0) is 25.2 Å². The SMILES string of the molecule is Cc1nc(CCC(O)C(C)(C)C)cs1. The molecule has 2 nitrogen and oxygen atoms in total. The van der Waals surface area contributed by atoms with Gasteiger partial charge in [0.2, 0.25) is 0 Å². The molecule has 14 heavy (non-hydrogen) atoms. The van der Waals surface area contributed by atoms with Crippen LogP contribution in [0.5, 0.6) is 0 Å².